The summed E-state index contributed by atoms with van der Waals surface area (Å²) in [7, 11) is 0. The first-order chi connectivity index (χ1) is 7.78. The van der Waals surface area contributed by atoms with Crippen LogP contribution in [-0.4, -0.2) is 18.1 Å². The standard InChI is InChI=1S/C13H20N2O2/c1-9-5-6-10(14)7-11(9)15-12(16)8-17-13(2,3)4/h5-7H,8,14H2,1-4H3,(H,15,16). The van der Waals surface area contributed by atoms with Crippen molar-refractivity contribution in [3.8, 4) is 0 Å². The Morgan fingerprint density at radius 2 is 2.06 bits per heavy atom. The predicted molar refractivity (Wildman–Crippen MR) is 69.9 cm³/mol. The maximum absolute atomic E-state index is 11.6. The molecule has 0 atom stereocenters. The molecular formula is C13H20N2O2. The highest BCUT2D eigenvalue weighted by Gasteiger charge is 2.13. The molecule has 0 radical (unpaired) electrons. The first-order valence-electron chi connectivity index (χ1n) is 5.58. The SMILES string of the molecule is Cc1ccc(N)cc1NC(=O)COC(C)(C)C. The largest absolute Gasteiger partial charge is 0.399 e. The van der Waals surface area contributed by atoms with Gasteiger partial charge >= 0.3 is 0 Å². The van der Waals surface area contributed by atoms with Crippen molar-refractivity contribution in [3.63, 3.8) is 0 Å². The minimum atomic E-state index is -0.317. The number of hydrogen-bond acceptors (Lipinski definition) is 3. The number of amides is 1. The van der Waals surface area contributed by atoms with Gasteiger partial charge in [0, 0.05) is 11.4 Å². The van der Waals surface area contributed by atoms with Crippen molar-refractivity contribution in [2.75, 3.05) is 17.7 Å². The molecule has 94 valence electrons. The molecule has 0 saturated heterocycles. The summed E-state index contributed by atoms with van der Waals surface area (Å²) < 4.78 is 5.39. The van der Waals surface area contributed by atoms with Crippen LogP contribution in [-0.2, 0) is 9.53 Å². The lowest BCUT2D eigenvalue weighted by Gasteiger charge is -2.19. The minimum absolute atomic E-state index is 0.0394. The fourth-order valence-electron chi connectivity index (χ4n) is 1.24. The number of nitrogen functional groups attached to an aromatic ring is 1. The maximum Gasteiger partial charge on any atom is 0.250 e. The zero-order chi connectivity index (χ0) is 13.1. The third-order valence-corrected chi connectivity index (χ3v) is 2.17. The van der Waals surface area contributed by atoms with Crippen molar-refractivity contribution < 1.29 is 9.53 Å². The molecule has 4 nitrogen and oxygen atoms in total. The molecule has 0 aliphatic rings. The van der Waals surface area contributed by atoms with Gasteiger partial charge in [-0.1, -0.05) is 6.07 Å². The van der Waals surface area contributed by atoms with Crippen LogP contribution in [0.4, 0.5) is 11.4 Å². The number of carbonyl (C=O) groups excluding carboxylic acids is 1. The quantitative estimate of drug-likeness (QED) is 0.792. The molecule has 4 heteroatoms. The molecule has 0 aromatic heterocycles. The first-order valence-corrected chi connectivity index (χ1v) is 5.58. The fourth-order valence-corrected chi connectivity index (χ4v) is 1.24. The lowest BCUT2D eigenvalue weighted by Crippen LogP contribution is -2.27. The highest BCUT2D eigenvalue weighted by atomic mass is 16.5. The number of ether oxygens (including phenoxy) is 1. The van der Waals surface area contributed by atoms with Crippen LogP contribution in [0.25, 0.3) is 0 Å². The average molecular weight is 236 g/mol. The van der Waals surface area contributed by atoms with E-state index in [-0.39, 0.29) is 18.1 Å². The number of anilines is 2. The van der Waals surface area contributed by atoms with E-state index in [1.807, 2.05) is 33.8 Å². The highest BCUT2D eigenvalue weighted by Crippen LogP contribution is 2.18. The molecular weight excluding hydrogens is 216 g/mol. The van der Waals surface area contributed by atoms with Gasteiger partial charge in [-0.15, -0.1) is 0 Å². The molecule has 0 aliphatic carbocycles. The van der Waals surface area contributed by atoms with E-state index in [2.05, 4.69) is 5.32 Å². The van der Waals surface area contributed by atoms with Gasteiger partial charge in [0.2, 0.25) is 5.91 Å². The van der Waals surface area contributed by atoms with E-state index in [0.29, 0.717) is 5.69 Å². The maximum atomic E-state index is 11.6. The second-order valence-electron chi connectivity index (χ2n) is 5.02. The minimum Gasteiger partial charge on any atom is -0.399 e. The predicted octanol–water partition coefficient (Wildman–Crippen LogP) is 2.33. The number of carbonyl (C=O) groups is 1. The van der Waals surface area contributed by atoms with Gasteiger partial charge in [-0.3, -0.25) is 4.79 Å². The van der Waals surface area contributed by atoms with Crippen LogP contribution in [0, 0.1) is 6.92 Å². The van der Waals surface area contributed by atoms with Crippen LogP contribution in [0.3, 0.4) is 0 Å². The van der Waals surface area contributed by atoms with Crippen molar-refractivity contribution >= 4 is 17.3 Å². The third-order valence-electron chi connectivity index (χ3n) is 2.17. The Kier molecular flexibility index (Phi) is 4.12. The van der Waals surface area contributed by atoms with Crippen molar-refractivity contribution in [1.82, 2.24) is 0 Å². The van der Waals surface area contributed by atoms with Gasteiger partial charge in [-0.2, -0.15) is 0 Å². The van der Waals surface area contributed by atoms with E-state index in [0.717, 1.165) is 11.3 Å². The summed E-state index contributed by atoms with van der Waals surface area (Å²) in [5.41, 5.74) is 7.68. The number of nitrogens with two attached hydrogens (primary N) is 1. The molecule has 1 rings (SSSR count). The molecule has 0 saturated carbocycles. The molecule has 0 spiro atoms. The summed E-state index contributed by atoms with van der Waals surface area (Å²) in [6.45, 7) is 7.68. The zero-order valence-electron chi connectivity index (χ0n) is 10.8. The lowest BCUT2D eigenvalue weighted by atomic mass is 10.2. The Labute approximate surface area is 102 Å². The molecule has 1 aromatic carbocycles. The van der Waals surface area contributed by atoms with Crippen LogP contribution < -0.4 is 11.1 Å². The molecule has 17 heavy (non-hydrogen) atoms. The topological polar surface area (TPSA) is 64.3 Å². The van der Waals surface area contributed by atoms with Gasteiger partial charge in [0.1, 0.15) is 6.61 Å². The van der Waals surface area contributed by atoms with Crippen LogP contribution in [0.5, 0.6) is 0 Å². The number of rotatable bonds is 3. The Hall–Kier alpha value is -1.55. The molecule has 1 aromatic rings. The third kappa shape index (κ3) is 4.87. The highest BCUT2D eigenvalue weighted by molar-refractivity contribution is 5.92. The van der Waals surface area contributed by atoms with Gasteiger partial charge in [-0.25, -0.2) is 0 Å². The summed E-state index contributed by atoms with van der Waals surface area (Å²) in [6, 6.07) is 5.41. The van der Waals surface area contributed by atoms with Crippen LogP contribution >= 0.6 is 0 Å². The monoisotopic (exact) mass is 236 g/mol. The number of benzene rings is 1. The number of nitrogens with one attached hydrogen (secondary N) is 1. The van der Waals surface area contributed by atoms with Crippen LogP contribution in [0.1, 0.15) is 26.3 Å². The van der Waals surface area contributed by atoms with Crippen molar-refractivity contribution in [2.24, 2.45) is 0 Å². The normalized spacial score (nSPS) is 11.3. The second-order valence-corrected chi connectivity index (χ2v) is 5.02. The Bertz CT molecular complexity index is 408. The molecule has 0 heterocycles. The lowest BCUT2D eigenvalue weighted by molar-refractivity contribution is -0.125. The van der Waals surface area contributed by atoms with E-state index < -0.39 is 0 Å². The van der Waals surface area contributed by atoms with E-state index in [4.69, 9.17) is 10.5 Å². The van der Waals surface area contributed by atoms with Gasteiger partial charge < -0.3 is 15.8 Å². The van der Waals surface area contributed by atoms with E-state index >= 15 is 0 Å². The summed E-state index contributed by atoms with van der Waals surface area (Å²) in [4.78, 5) is 11.6. The van der Waals surface area contributed by atoms with Crippen molar-refractivity contribution in [2.45, 2.75) is 33.3 Å². The molecule has 0 unspecified atom stereocenters. The molecule has 0 fully saturated rings. The summed E-state index contributed by atoms with van der Waals surface area (Å²) in [5, 5.41) is 2.78. The Morgan fingerprint density at radius 3 is 2.65 bits per heavy atom. The van der Waals surface area contributed by atoms with Crippen molar-refractivity contribution in [1.29, 1.82) is 0 Å². The molecule has 3 N–H and O–H groups in total. The van der Waals surface area contributed by atoms with Gasteiger partial charge in [0.05, 0.1) is 5.60 Å². The Morgan fingerprint density at radius 1 is 1.41 bits per heavy atom. The fraction of sp³-hybridized carbons (Fsp3) is 0.462. The molecule has 1 amide bonds. The number of hydrogen-bond donors (Lipinski definition) is 2. The smallest absolute Gasteiger partial charge is 0.250 e. The van der Waals surface area contributed by atoms with E-state index in [1.165, 1.54) is 0 Å². The molecule has 0 aliphatic heterocycles. The summed E-state index contributed by atoms with van der Waals surface area (Å²) >= 11 is 0. The number of aryl methyl sites for hydroxylation is 1. The van der Waals surface area contributed by atoms with Gasteiger partial charge in [0.15, 0.2) is 0 Å². The summed E-state index contributed by atoms with van der Waals surface area (Å²) in [6.07, 6.45) is 0. The van der Waals surface area contributed by atoms with Crippen LogP contribution in [0.2, 0.25) is 0 Å². The second kappa shape index (κ2) is 5.19. The summed E-state index contributed by atoms with van der Waals surface area (Å²) in [5.74, 6) is -0.173. The first kappa shape index (κ1) is 13.5. The van der Waals surface area contributed by atoms with Crippen molar-refractivity contribution in [3.05, 3.63) is 23.8 Å². The Balaban J connectivity index is 2.59. The van der Waals surface area contributed by atoms with E-state index in [9.17, 15) is 4.79 Å². The average Bonchev–Trinajstić information content (AvgIpc) is 2.20. The van der Waals surface area contributed by atoms with Gasteiger partial charge in [-0.05, 0) is 45.4 Å². The van der Waals surface area contributed by atoms with Crippen LogP contribution in [0.15, 0.2) is 18.2 Å². The molecule has 0 bridgehead atoms. The van der Waals surface area contributed by atoms with E-state index in [1.54, 1.807) is 12.1 Å². The zero-order valence-corrected chi connectivity index (χ0v) is 10.8. The van der Waals surface area contributed by atoms with Gasteiger partial charge in [0.25, 0.3) is 0 Å².